The lowest BCUT2D eigenvalue weighted by molar-refractivity contribution is -0.148. The number of rotatable bonds is 3. The van der Waals surface area contributed by atoms with Crippen LogP contribution in [-0.2, 0) is 20.9 Å². The molecule has 4 atom stereocenters. The number of hydrogen-bond acceptors (Lipinski definition) is 4. The molecule has 5 nitrogen and oxygen atoms in total. The summed E-state index contributed by atoms with van der Waals surface area (Å²) in [5.41, 5.74) is -0.720. The lowest BCUT2D eigenvalue weighted by atomic mass is 9.77. The Morgan fingerprint density at radius 1 is 1.60 bits per heavy atom. The van der Waals surface area contributed by atoms with E-state index in [4.69, 9.17) is 4.74 Å². The number of likely N-dealkylation sites (tertiary alicyclic amines) is 1. The third kappa shape index (κ3) is 1.46. The van der Waals surface area contributed by atoms with Crippen LogP contribution in [0.4, 0.5) is 0 Å². The quantitative estimate of drug-likeness (QED) is 0.847. The molecule has 3 aliphatic heterocycles. The first-order valence-corrected chi connectivity index (χ1v) is 7.40. The Labute approximate surface area is 119 Å². The fourth-order valence-corrected chi connectivity index (χ4v) is 4.30. The van der Waals surface area contributed by atoms with Crippen LogP contribution in [0, 0.1) is 11.8 Å². The van der Waals surface area contributed by atoms with Crippen molar-refractivity contribution in [3.63, 3.8) is 0 Å². The van der Waals surface area contributed by atoms with Gasteiger partial charge in [0.15, 0.2) is 0 Å². The third-order valence-corrected chi connectivity index (χ3v) is 5.25. The fraction of sp³-hybridized carbons (Fsp3) is 0.429. The van der Waals surface area contributed by atoms with Crippen molar-refractivity contribution in [1.82, 2.24) is 4.90 Å². The summed E-state index contributed by atoms with van der Waals surface area (Å²) in [6.45, 7) is 0.980. The van der Waals surface area contributed by atoms with E-state index in [9.17, 15) is 14.7 Å². The van der Waals surface area contributed by atoms with Crippen LogP contribution in [0.15, 0.2) is 29.7 Å². The summed E-state index contributed by atoms with van der Waals surface area (Å²) in [6.07, 6.45) is 3.22. The summed E-state index contributed by atoms with van der Waals surface area (Å²) in [5, 5.41) is 11.3. The van der Waals surface area contributed by atoms with Crippen molar-refractivity contribution < 1.29 is 19.4 Å². The number of carbonyl (C=O) groups is 2. The predicted molar refractivity (Wildman–Crippen MR) is 71.1 cm³/mol. The van der Waals surface area contributed by atoms with Crippen molar-refractivity contribution in [3.05, 3.63) is 34.5 Å². The molecular weight excluding hydrogens is 278 g/mol. The van der Waals surface area contributed by atoms with Crippen LogP contribution in [0.25, 0.3) is 0 Å². The van der Waals surface area contributed by atoms with Crippen molar-refractivity contribution >= 4 is 23.2 Å². The molecule has 6 heteroatoms. The van der Waals surface area contributed by atoms with Gasteiger partial charge in [0, 0.05) is 4.88 Å². The number of nitrogens with zero attached hydrogens (tertiary/aromatic N) is 1. The second-order valence-corrected chi connectivity index (χ2v) is 6.54. The monoisotopic (exact) mass is 291 g/mol. The average Bonchev–Trinajstić information content (AvgIpc) is 3.12. The fourth-order valence-electron chi connectivity index (χ4n) is 3.58. The first-order valence-electron chi connectivity index (χ1n) is 6.52. The van der Waals surface area contributed by atoms with Gasteiger partial charge < -0.3 is 14.7 Å². The van der Waals surface area contributed by atoms with Crippen molar-refractivity contribution in [2.75, 3.05) is 6.54 Å². The molecule has 2 fully saturated rings. The molecule has 3 aliphatic rings. The summed E-state index contributed by atoms with van der Waals surface area (Å²) >= 11 is 1.59. The highest BCUT2D eigenvalue weighted by Crippen LogP contribution is 2.52. The number of thiophene rings is 1. The molecule has 4 rings (SSSR count). The van der Waals surface area contributed by atoms with Gasteiger partial charge in [0.2, 0.25) is 5.91 Å². The smallest absolute Gasteiger partial charge is 0.310 e. The molecule has 2 bridgehead atoms. The molecule has 20 heavy (non-hydrogen) atoms. The van der Waals surface area contributed by atoms with Gasteiger partial charge in [-0.15, -0.1) is 11.3 Å². The zero-order valence-corrected chi connectivity index (χ0v) is 11.4. The van der Waals surface area contributed by atoms with E-state index in [1.165, 1.54) is 0 Å². The van der Waals surface area contributed by atoms with Gasteiger partial charge in [-0.25, -0.2) is 0 Å². The summed E-state index contributed by atoms with van der Waals surface area (Å²) < 4.78 is 5.83. The molecule has 0 aromatic carbocycles. The molecular formula is C14H13NO4S. The summed E-state index contributed by atoms with van der Waals surface area (Å²) in [6, 6.07) is 3.92. The molecule has 1 amide bonds. The van der Waals surface area contributed by atoms with Gasteiger partial charge in [-0.3, -0.25) is 9.59 Å². The molecule has 0 radical (unpaired) electrons. The zero-order valence-electron chi connectivity index (χ0n) is 10.6. The van der Waals surface area contributed by atoms with Gasteiger partial charge in [0.1, 0.15) is 11.5 Å². The maximum Gasteiger partial charge on any atom is 0.310 e. The van der Waals surface area contributed by atoms with Gasteiger partial charge in [-0.05, 0) is 11.4 Å². The van der Waals surface area contributed by atoms with Gasteiger partial charge in [-0.1, -0.05) is 18.2 Å². The number of ether oxygens (including phenoxy) is 1. The van der Waals surface area contributed by atoms with Crippen LogP contribution in [0.3, 0.4) is 0 Å². The van der Waals surface area contributed by atoms with E-state index in [0.29, 0.717) is 13.1 Å². The number of hydrogen-bond donors (Lipinski definition) is 1. The number of fused-ring (bicyclic) bond motifs is 1. The van der Waals surface area contributed by atoms with Crippen molar-refractivity contribution in [2.24, 2.45) is 11.8 Å². The van der Waals surface area contributed by atoms with Gasteiger partial charge in [-0.2, -0.15) is 0 Å². The number of carboxylic acid groups (broad SMARTS) is 1. The van der Waals surface area contributed by atoms with E-state index in [1.54, 1.807) is 22.3 Å². The second kappa shape index (κ2) is 3.93. The first-order chi connectivity index (χ1) is 9.61. The Kier molecular flexibility index (Phi) is 2.38. The van der Waals surface area contributed by atoms with E-state index in [2.05, 4.69) is 0 Å². The van der Waals surface area contributed by atoms with E-state index in [-0.39, 0.29) is 5.91 Å². The van der Waals surface area contributed by atoms with Crippen LogP contribution >= 0.6 is 11.3 Å². The summed E-state index contributed by atoms with van der Waals surface area (Å²) in [5.74, 6) is -2.37. The molecule has 4 heterocycles. The van der Waals surface area contributed by atoms with E-state index >= 15 is 0 Å². The largest absolute Gasteiger partial charge is 0.481 e. The van der Waals surface area contributed by atoms with Crippen LogP contribution in [0.2, 0.25) is 0 Å². The van der Waals surface area contributed by atoms with Gasteiger partial charge in [0.05, 0.1) is 25.1 Å². The first kappa shape index (κ1) is 12.1. The van der Waals surface area contributed by atoms with Crippen LogP contribution < -0.4 is 0 Å². The Hall–Kier alpha value is -1.66. The average molecular weight is 291 g/mol. The highest BCUT2D eigenvalue weighted by molar-refractivity contribution is 7.09. The minimum absolute atomic E-state index is 0.0994. The van der Waals surface area contributed by atoms with Crippen molar-refractivity contribution in [3.8, 4) is 0 Å². The Bertz CT molecular complexity index is 611. The molecule has 104 valence electrons. The van der Waals surface area contributed by atoms with Crippen molar-refractivity contribution in [2.45, 2.75) is 18.2 Å². The maximum absolute atomic E-state index is 12.6. The highest BCUT2D eigenvalue weighted by atomic mass is 32.1. The molecule has 1 spiro atoms. The van der Waals surface area contributed by atoms with E-state index < -0.39 is 29.5 Å². The summed E-state index contributed by atoms with van der Waals surface area (Å²) in [7, 11) is 0. The Balaban J connectivity index is 1.65. The standard InChI is InChI=1S/C14H13NO4S/c16-12-11-10(13(17)18)9-3-4-14(11,19-9)7-15(12)6-8-2-1-5-20-8/h1-5,9-11H,6-7H2,(H,17,18)/t9-,10+,11+,14-/m1/s1. The number of aliphatic carboxylic acids is 1. The normalized spacial score (nSPS) is 37.7. The number of carboxylic acids is 1. The van der Waals surface area contributed by atoms with Gasteiger partial charge in [0.25, 0.3) is 0 Å². The van der Waals surface area contributed by atoms with Crippen LogP contribution in [0.1, 0.15) is 4.88 Å². The molecule has 0 saturated carbocycles. The predicted octanol–water partition coefficient (Wildman–Crippen LogP) is 1.11. The highest BCUT2D eigenvalue weighted by Gasteiger charge is 2.66. The molecule has 0 unspecified atom stereocenters. The summed E-state index contributed by atoms with van der Waals surface area (Å²) in [4.78, 5) is 26.8. The Morgan fingerprint density at radius 2 is 2.45 bits per heavy atom. The number of carbonyl (C=O) groups excluding carboxylic acids is 1. The third-order valence-electron chi connectivity index (χ3n) is 4.39. The van der Waals surface area contributed by atoms with Gasteiger partial charge >= 0.3 is 5.97 Å². The van der Waals surface area contributed by atoms with Crippen LogP contribution in [-0.4, -0.2) is 40.1 Å². The SMILES string of the molecule is O=C(O)[C@@H]1[C@H]2C(=O)N(Cc3cccs3)C[C@]23C=C[C@H]1O3. The zero-order chi connectivity index (χ0) is 13.9. The van der Waals surface area contributed by atoms with Crippen molar-refractivity contribution in [1.29, 1.82) is 0 Å². The van der Waals surface area contributed by atoms with Crippen LogP contribution in [0.5, 0.6) is 0 Å². The molecule has 1 aromatic heterocycles. The minimum Gasteiger partial charge on any atom is -0.481 e. The molecule has 1 aromatic rings. The van der Waals surface area contributed by atoms with E-state index in [0.717, 1.165) is 4.88 Å². The number of amides is 1. The second-order valence-electron chi connectivity index (χ2n) is 5.51. The molecule has 1 N–H and O–H groups in total. The minimum atomic E-state index is -0.947. The molecule has 2 saturated heterocycles. The Morgan fingerprint density at radius 3 is 3.15 bits per heavy atom. The maximum atomic E-state index is 12.6. The lowest BCUT2D eigenvalue weighted by Gasteiger charge is -2.21. The van der Waals surface area contributed by atoms with E-state index in [1.807, 2.05) is 23.6 Å². The lowest BCUT2D eigenvalue weighted by Crippen LogP contribution is -2.39. The molecule has 0 aliphatic carbocycles. The topological polar surface area (TPSA) is 66.8 Å².